The van der Waals surface area contributed by atoms with Gasteiger partial charge in [-0.05, 0) is 42.3 Å². The number of hydrogen-bond donors (Lipinski definition) is 1. The number of carbonyl (C=O) groups excluding carboxylic acids is 1. The molecule has 0 saturated heterocycles. The van der Waals surface area contributed by atoms with Crippen molar-refractivity contribution in [1.29, 1.82) is 0 Å². The minimum Gasteiger partial charge on any atom is -0.356 e. The summed E-state index contributed by atoms with van der Waals surface area (Å²) in [4.78, 5) is 31.9. The van der Waals surface area contributed by atoms with E-state index in [1.165, 1.54) is 0 Å². The summed E-state index contributed by atoms with van der Waals surface area (Å²) in [6.45, 7) is 2.25. The highest BCUT2D eigenvalue weighted by Crippen LogP contribution is 2.44. The van der Waals surface area contributed by atoms with Crippen LogP contribution in [0.3, 0.4) is 0 Å². The van der Waals surface area contributed by atoms with Crippen molar-refractivity contribution >= 4 is 39.3 Å². The number of carbonyl (C=O) groups is 1. The van der Waals surface area contributed by atoms with Gasteiger partial charge in [-0.1, -0.05) is 65.3 Å². The van der Waals surface area contributed by atoms with Crippen molar-refractivity contribution < 1.29 is 4.79 Å². The Morgan fingerprint density at radius 2 is 1.74 bits per heavy atom. The fourth-order valence-electron chi connectivity index (χ4n) is 5.17. The predicted octanol–water partition coefficient (Wildman–Crippen LogP) is 4.66. The monoisotopic (exact) mass is 483 g/mol. The van der Waals surface area contributed by atoms with Crippen molar-refractivity contribution in [2.24, 2.45) is 0 Å². The number of benzene rings is 3. The van der Waals surface area contributed by atoms with Gasteiger partial charge >= 0.3 is 0 Å². The molecule has 1 aliphatic heterocycles. The van der Waals surface area contributed by atoms with Gasteiger partial charge in [0, 0.05) is 34.1 Å². The number of nitrogens with one attached hydrogen (secondary N) is 1. The number of aromatic amines is 1. The van der Waals surface area contributed by atoms with Crippen LogP contribution >= 0.6 is 11.6 Å². The lowest BCUT2D eigenvalue weighted by Gasteiger charge is -2.38. The van der Waals surface area contributed by atoms with Crippen LogP contribution in [-0.4, -0.2) is 37.3 Å². The topological polar surface area (TPSA) is 83.9 Å². The van der Waals surface area contributed by atoms with Crippen molar-refractivity contribution in [2.45, 2.75) is 25.4 Å². The molecule has 0 bridgehead atoms. The molecule has 0 saturated carbocycles. The van der Waals surface area contributed by atoms with Gasteiger partial charge in [-0.15, -0.1) is 5.10 Å². The van der Waals surface area contributed by atoms with E-state index in [9.17, 15) is 9.59 Å². The number of hydrogen-bond acceptors (Lipinski definition) is 4. The molecule has 2 atom stereocenters. The molecule has 1 amide bonds. The van der Waals surface area contributed by atoms with Crippen LogP contribution < -0.4 is 5.56 Å². The second-order valence-corrected chi connectivity index (χ2v) is 9.27. The minimum absolute atomic E-state index is 0.116. The van der Waals surface area contributed by atoms with E-state index in [0.717, 1.165) is 32.4 Å². The molecule has 1 N–H and O–H groups in total. The largest absolute Gasteiger partial charge is 0.356 e. The highest BCUT2D eigenvalue weighted by Gasteiger charge is 2.37. The van der Waals surface area contributed by atoms with Gasteiger partial charge in [-0.25, -0.2) is 4.68 Å². The Hall–Kier alpha value is -3.97. The standard InChI is InChI=1S/C27H22ClN5O2/c1-16-26-25(18-9-3-6-12-22(18)29-26)20(17-8-2-5-11-21(17)28)14-32(16)24(34)15-33-27(35)19-10-4-7-13-23(19)30-31-33/h2-13,16,20,29H,14-15H2,1H3. The fraction of sp³-hybridized carbons (Fsp3) is 0.185. The third-order valence-corrected chi connectivity index (χ3v) is 7.25. The maximum atomic E-state index is 13.6. The number of nitrogens with zero attached hydrogens (tertiary/aromatic N) is 4. The second-order valence-electron chi connectivity index (χ2n) is 8.86. The maximum Gasteiger partial charge on any atom is 0.278 e. The van der Waals surface area contributed by atoms with Crippen LogP contribution in [-0.2, 0) is 11.3 Å². The molecular weight excluding hydrogens is 462 g/mol. The number of amides is 1. The summed E-state index contributed by atoms with van der Waals surface area (Å²) in [7, 11) is 0. The Labute approximate surface area is 205 Å². The summed E-state index contributed by atoms with van der Waals surface area (Å²) >= 11 is 6.63. The normalized spacial score (nSPS) is 17.6. The molecule has 8 heteroatoms. The van der Waals surface area contributed by atoms with E-state index >= 15 is 0 Å². The van der Waals surface area contributed by atoms with E-state index in [1.807, 2.05) is 49.4 Å². The van der Waals surface area contributed by atoms with Crippen molar-refractivity contribution in [3.05, 3.63) is 105 Å². The summed E-state index contributed by atoms with van der Waals surface area (Å²) in [6.07, 6.45) is 0. The Morgan fingerprint density at radius 1 is 1.03 bits per heavy atom. The van der Waals surface area contributed by atoms with Crippen LogP contribution in [0.15, 0.2) is 77.6 Å². The molecule has 35 heavy (non-hydrogen) atoms. The first-order chi connectivity index (χ1) is 17.0. The highest BCUT2D eigenvalue weighted by atomic mass is 35.5. The molecule has 1 aliphatic rings. The van der Waals surface area contributed by atoms with Crippen LogP contribution in [0.25, 0.3) is 21.8 Å². The Morgan fingerprint density at radius 3 is 2.57 bits per heavy atom. The third kappa shape index (κ3) is 3.51. The zero-order chi connectivity index (χ0) is 24.1. The number of H-pyrrole nitrogens is 1. The zero-order valence-corrected chi connectivity index (χ0v) is 19.7. The first-order valence-corrected chi connectivity index (χ1v) is 11.9. The molecule has 0 radical (unpaired) electrons. The van der Waals surface area contributed by atoms with Gasteiger partial charge in [0.05, 0.1) is 11.4 Å². The van der Waals surface area contributed by atoms with E-state index in [-0.39, 0.29) is 30.0 Å². The highest BCUT2D eigenvalue weighted by molar-refractivity contribution is 6.31. The second kappa shape index (κ2) is 8.36. The lowest BCUT2D eigenvalue weighted by molar-refractivity contribution is -0.135. The Bertz CT molecular complexity index is 1660. The van der Waals surface area contributed by atoms with Gasteiger partial charge in [-0.2, -0.15) is 0 Å². The smallest absolute Gasteiger partial charge is 0.278 e. The number of rotatable bonds is 3. The first-order valence-electron chi connectivity index (χ1n) is 11.5. The summed E-state index contributed by atoms with van der Waals surface area (Å²) in [5.41, 5.74) is 4.30. The molecule has 7 nitrogen and oxygen atoms in total. The average molecular weight is 484 g/mol. The fourth-order valence-corrected chi connectivity index (χ4v) is 5.43. The van der Waals surface area contributed by atoms with E-state index in [4.69, 9.17) is 11.6 Å². The molecule has 0 aliphatic carbocycles. The van der Waals surface area contributed by atoms with Crippen LogP contribution in [0, 0.1) is 0 Å². The molecule has 3 heterocycles. The number of halogens is 1. The van der Waals surface area contributed by atoms with Gasteiger partial charge < -0.3 is 9.88 Å². The summed E-state index contributed by atoms with van der Waals surface area (Å²) in [5.74, 6) is -0.319. The molecule has 2 unspecified atom stereocenters. The average Bonchev–Trinajstić information content (AvgIpc) is 3.27. The first kappa shape index (κ1) is 21.6. The van der Waals surface area contributed by atoms with Crippen LogP contribution in [0.5, 0.6) is 0 Å². The molecule has 3 aromatic carbocycles. The van der Waals surface area contributed by atoms with Gasteiger partial charge in [0.1, 0.15) is 12.1 Å². The molecule has 0 spiro atoms. The van der Waals surface area contributed by atoms with Crippen LogP contribution in [0.2, 0.25) is 5.02 Å². The summed E-state index contributed by atoms with van der Waals surface area (Å²) < 4.78 is 1.14. The van der Waals surface area contributed by atoms with E-state index < -0.39 is 0 Å². The van der Waals surface area contributed by atoms with Gasteiger partial charge in [0.2, 0.25) is 5.91 Å². The van der Waals surface area contributed by atoms with Crippen molar-refractivity contribution in [3.8, 4) is 0 Å². The SMILES string of the molecule is CC1c2[nH]c3ccccc3c2C(c2ccccc2Cl)CN1C(=O)Cn1nnc2ccccc2c1=O. The molecule has 2 aromatic heterocycles. The molecule has 0 fully saturated rings. The quantitative estimate of drug-likeness (QED) is 0.404. The van der Waals surface area contributed by atoms with Crippen molar-refractivity contribution in [3.63, 3.8) is 0 Å². The number of aromatic nitrogens is 4. The number of fused-ring (bicyclic) bond motifs is 4. The van der Waals surface area contributed by atoms with Gasteiger partial charge in [-0.3, -0.25) is 9.59 Å². The Kier molecular flexibility index (Phi) is 5.15. The third-order valence-electron chi connectivity index (χ3n) is 6.91. The molecule has 174 valence electrons. The minimum atomic E-state index is -0.331. The lowest BCUT2D eigenvalue weighted by Crippen LogP contribution is -2.44. The van der Waals surface area contributed by atoms with E-state index in [1.54, 1.807) is 29.2 Å². The predicted molar refractivity (Wildman–Crippen MR) is 136 cm³/mol. The van der Waals surface area contributed by atoms with Crippen molar-refractivity contribution in [1.82, 2.24) is 24.9 Å². The molecular formula is C27H22ClN5O2. The molecule has 6 rings (SSSR count). The van der Waals surface area contributed by atoms with Crippen LogP contribution in [0.4, 0.5) is 0 Å². The van der Waals surface area contributed by atoms with Crippen LogP contribution in [0.1, 0.15) is 35.7 Å². The van der Waals surface area contributed by atoms with E-state index in [2.05, 4.69) is 21.4 Å². The number of para-hydroxylation sites is 1. The molecule has 5 aromatic rings. The maximum absolute atomic E-state index is 13.6. The summed E-state index contributed by atoms with van der Waals surface area (Å²) in [5, 5.41) is 10.4. The Balaban J connectivity index is 1.43. The van der Waals surface area contributed by atoms with Gasteiger partial charge in [0.25, 0.3) is 5.56 Å². The van der Waals surface area contributed by atoms with Crippen molar-refractivity contribution in [2.75, 3.05) is 6.54 Å². The summed E-state index contributed by atoms with van der Waals surface area (Å²) in [6, 6.07) is 22.7. The lowest BCUT2D eigenvalue weighted by atomic mass is 9.83. The zero-order valence-electron chi connectivity index (χ0n) is 19.0. The van der Waals surface area contributed by atoms with Gasteiger partial charge in [0.15, 0.2) is 0 Å². The van der Waals surface area contributed by atoms with E-state index in [0.29, 0.717) is 22.5 Å².